The molecule has 162 valence electrons. The molecule has 2 aliphatic heterocycles. The molecule has 0 spiro atoms. The molecule has 29 heavy (non-hydrogen) atoms. The quantitative estimate of drug-likeness (QED) is 0.538. The van der Waals surface area contributed by atoms with Crippen molar-refractivity contribution in [2.75, 3.05) is 32.8 Å². The molecule has 2 fully saturated rings. The van der Waals surface area contributed by atoms with Crippen LogP contribution in [0.1, 0.15) is 50.2 Å². The Morgan fingerprint density at radius 1 is 1.31 bits per heavy atom. The van der Waals surface area contributed by atoms with Crippen molar-refractivity contribution in [1.29, 1.82) is 0 Å². The van der Waals surface area contributed by atoms with E-state index >= 15 is 0 Å². The van der Waals surface area contributed by atoms with Gasteiger partial charge in [-0.2, -0.15) is 0 Å². The smallest absolute Gasteiger partial charge is 0.194 e. The van der Waals surface area contributed by atoms with Crippen LogP contribution >= 0.6 is 0 Å². The van der Waals surface area contributed by atoms with E-state index in [4.69, 9.17) is 14.5 Å². The minimum atomic E-state index is -0.382. The largest absolute Gasteiger partial charge is 0.392 e. The molecule has 6 nitrogen and oxygen atoms in total. The normalized spacial score (nSPS) is 21.4. The molecular formula is C22H34FN3O3. The van der Waals surface area contributed by atoms with E-state index in [0.29, 0.717) is 18.7 Å². The summed E-state index contributed by atoms with van der Waals surface area (Å²) in [6.45, 7) is 6.35. The molecule has 1 unspecified atom stereocenters. The molecule has 0 radical (unpaired) electrons. The van der Waals surface area contributed by atoms with E-state index in [1.54, 1.807) is 12.1 Å². The molecule has 1 aromatic carbocycles. The van der Waals surface area contributed by atoms with Gasteiger partial charge >= 0.3 is 0 Å². The van der Waals surface area contributed by atoms with Crippen molar-refractivity contribution >= 4 is 5.96 Å². The maximum Gasteiger partial charge on any atom is 0.194 e. The summed E-state index contributed by atoms with van der Waals surface area (Å²) in [5, 5.41) is 12.6. The predicted molar refractivity (Wildman–Crippen MR) is 111 cm³/mol. The van der Waals surface area contributed by atoms with Crippen LogP contribution in [0.2, 0.25) is 0 Å². The summed E-state index contributed by atoms with van der Waals surface area (Å²) in [6.07, 6.45) is 6.01. The van der Waals surface area contributed by atoms with Crippen LogP contribution in [0.4, 0.5) is 4.39 Å². The van der Waals surface area contributed by atoms with Gasteiger partial charge in [-0.25, -0.2) is 9.38 Å². The van der Waals surface area contributed by atoms with Gasteiger partial charge in [0.05, 0.1) is 32.0 Å². The van der Waals surface area contributed by atoms with Gasteiger partial charge in [0.1, 0.15) is 5.82 Å². The second-order valence-electron chi connectivity index (χ2n) is 7.76. The van der Waals surface area contributed by atoms with E-state index in [2.05, 4.69) is 17.1 Å². The number of rotatable bonds is 7. The van der Waals surface area contributed by atoms with Gasteiger partial charge in [-0.15, -0.1) is 0 Å². The van der Waals surface area contributed by atoms with Crippen LogP contribution in [0.25, 0.3) is 0 Å². The molecule has 2 aliphatic rings. The van der Waals surface area contributed by atoms with Gasteiger partial charge in [0.2, 0.25) is 0 Å². The molecular weight excluding hydrogens is 373 g/mol. The molecule has 7 heteroatoms. The first-order valence-electron chi connectivity index (χ1n) is 10.8. The Balaban J connectivity index is 1.50. The first-order valence-corrected chi connectivity index (χ1v) is 10.8. The van der Waals surface area contributed by atoms with Crippen LogP contribution < -0.4 is 5.32 Å². The Labute approximate surface area is 173 Å². The van der Waals surface area contributed by atoms with Gasteiger partial charge in [-0.05, 0) is 56.7 Å². The number of halogens is 1. The number of ether oxygens (including phenoxy) is 2. The van der Waals surface area contributed by atoms with Gasteiger partial charge in [-0.1, -0.05) is 6.07 Å². The lowest BCUT2D eigenvalue weighted by molar-refractivity contribution is -0.0721. The van der Waals surface area contributed by atoms with Crippen LogP contribution in [0, 0.1) is 5.82 Å². The number of benzene rings is 1. The standard InChI is InChI=1S/C22H34FN3O3/c1-2-24-22(25-14-17-6-7-21(23)18(13-17)15-27)26-10-8-19(9-11-26)29-16-20-5-3-4-12-28-20/h6-7,13,19-20,27H,2-5,8-12,14-16H2,1H3,(H,24,25). The number of aliphatic hydroxyl groups is 1. The fourth-order valence-electron chi connectivity index (χ4n) is 3.86. The highest BCUT2D eigenvalue weighted by Gasteiger charge is 2.23. The van der Waals surface area contributed by atoms with Crippen LogP contribution in [-0.4, -0.2) is 61.0 Å². The van der Waals surface area contributed by atoms with E-state index in [1.807, 2.05) is 0 Å². The van der Waals surface area contributed by atoms with Crippen LogP contribution in [0.5, 0.6) is 0 Å². The maximum atomic E-state index is 13.6. The zero-order valence-corrected chi connectivity index (χ0v) is 17.4. The van der Waals surface area contributed by atoms with Crippen molar-refractivity contribution in [3.05, 3.63) is 35.1 Å². The molecule has 0 amide bonds. The highest BCUT2D eigenvalue weighted by Crippen LogP contribution is 2.18. The number of nitrogens with zero attached hydrogens (tertiary/aromatic N) is 2. The van der Waals surface area contributed by atoms with Gasteiger partial charge in [0.25, 0.3) is 0 Å². The fraction of sp³-hybridized carbons (Fsp3) is 0.682. The van der Waals surface area contributed by atoms with Crippen molar-refractivity contribution in [2.45, 2.75) is 64.4 Å². The Hall–Kier alpha value is -1.70. The van der Waals surface area contributed by atoms with Crippen molar-refractivity contribution in [3.63, 3.8) is 0 Å². The van der Waals surface area contributed by atoms with Gasteiger partial charge in [0, 0.05) is 31.8 Å². The number of guanidine groups is 1. The third-order valence-corrected chi connectivity index (χ3v) is 5.56. The lowest BCUT2D eigenvalue weighted by Gasteiger charge is -2.35. The van der Waals surface area contributed by atoms with Crippen molar-refractivity contribution in [3.8, 4) is 0 Å². The van der Waals surface area contributed by atoms with Crippen molar-refractivity contribution in [2.24, 2.45) is 4.99 Å². The Morgan fingerprint density at radius 3 is 2.83 bits per heavy atom. The SMILES string of the molecule is CCNC(=NCc1ccc(F)c(CO)c1)N1CCC(OCC2CCCCO2)CC1. The highest BCUT2D eigenvalue weighted by atomic mass is 19.1. The third kappa shape index (κ3) is 6.66. The minimum Gasteiger partial charge on any atom is -0.392 e. The number of hydrogen-bond donors (Lipinski definition) is 2. The molecule has 2 N–H and O–H groups in total. The Morgan fingerprint density at radius 2 is 2.14 bits per heavy atom. The lowest BCUT2D eigenvalue weighted by atomic mass is 10.1. The van der Waals surface area contributed by atoms with Gasteiger partial charge < -0.3 is 24.8 Å². The average molecular weight is 408 g/mol. The van der Waals surface area contributed by atoms with E-state index in [1.165, 1.54) is 18.9 Å². The second kappa shape index (κ2) is 11.5. The van der Waals surface area contributed by atoms with Crippen LogP contribution in [0.3, 0.4) is 0 Å². The van der Waals surface area contributed by atoms with Gasteiger partial charge in [0.15, 0.2) is 5.96 Å². The Kier molecular flexibility index (Phi) is 8.70. The van der Waals surface area contributed by atoms with Crippen LogP contribution in [0.15, 0.2) is 23.2 Å². The number of nitrogens with one attached hydrogen (secondary N) is 1. The lowest BCUT2D eigenvalue weighted by Crippen LogP contribution is -2.47. The molecule has 1 aromatic rings. The summed E-state index contributed by atoms with van der Waals surface area (Å²) in [4.78, 5) is 6.98. The monoisotopic (exact) mass is 407 g/mol. The zero-order valence-electron chi connectivity index (χ0n) is 17.4. The summed E-state index contributed by atoms with van der Waals surface area (Å²) in [6, 6.07) is 4.78. The maximum absolute atomic E-state index is 13.6. The van der Waals surface area contributed by atoms with E-state index in [9.17, 15) is 9.50 Å². The Bertz CT molecular complexity index is 657. The molecule has 0 saturated carbocycles. The average Bonchev–Trinajstić information content (AvgIpc) is 2.77. The number of likely N-dealkylation sites (tertiary alicyclic amines) is 1. The number of aliphatic imine (C=N–C) groups is 1. The molecule has 2 saturated heterocycles. The molecule has 1 atom stereocenters. The van der Waals surface area contributed by atoms with E-state index < -0.39 is 0 Å². The molecule has 0 aromatic heterocycles. The fourth-order valence-corrected chi connectivity index (χ4v) is 3.86. The van der Waals surface area contributed by atoms with Crippen LogP contribution in [-0.2, 0) is 22.6 Å². The second-order valence-corrected chi connectivity index (χ2v) is 7.76. The number of hydrogen-bond acceptors (Lipinski definition) is 4. The van der Waals surface area contributed by atoms with E-state index in [0.717, 1.165) is 57.0 Å². The molecule has 0 aliphatic carbocycles. The molecule has 2 heterocycles. The first-order chi connectivity index (χ1) is 14.2. The summed E-state index contributed by atoms with van der Waals surface area (Å²) in [7, 11) is 0. The first kappa shape index (κ1) is 22.0. The summed E-state index contributed by atoms with van der Waals surface area (Å²) < 4.78 is 25.4. The topological polar surface area (TPSA) is 66.3 Å². The third-order valence-electron chi connectivity index (χ3n) is 5.56. The van der Waals surface area contributed by atoms with Crippen molar-refractivity contribution < 1.29 is 19.0 Å². The minimum absolute atomic E-state index is 0.264. The van der Waals surface area contributed by atoms with Gasteiger partial charge in [-0.3, -0.25) is 0 Å². The molecule has 0 bridgehead atoms. The summed E-state index contributed by atoms with van der Waals surface area (Å²) >= 11 is 0. The summed E-state index contributed by atoms with van der Waals surface area (Å²) in [5.74, 6) is 0.490. The number of aliphatic hydroxyl groups excluding tert-OH is 1. The molecule has 3 rings (SSSR count). The summed E-state index contributed by atoms with van der Waals surface area (Å²) in [5.41, 5.74) is 1.19. The van der Waals surface area contributed by atoms with Crippen molar-refractivity contribution in [1.82, 2.24) is 10.2 Å². The predicted octanol–water partition coefficient (Wildman–Crippen LogP) is 2.83. The zero-order chi connectivity index (χ0) is 20.5. The highest BCUT2D eigenvalue weighted by molar-refractivity contribution is 5.80. The number of piperidine rings is 1. The van der Waals surface area contributed by atoms with E-state index in [-0.39, 0.29) is 24.6 Å².